The van der Waals surface area contributed by atoms with Crippen LogP contribution in [0.5, 0.6) is 0 Å². The third kappa shape index (κ3) is 3.14. The van der Waals surface area contributed by atoms with Crippen LogP contribution in [-0.4, -0.2) is 64.4 Å². The zero-order valence-corrected chi connectivity index (χ0v) is 15.9. The second-order valence-corrected chi connectivity index (χ2v) is 7.70. The number of piperazine rings is 1. The smallest absolute Gasteiger partial charge is 0.327 e. The van der Waals surface area contributed by atoms with Crippen molar-refractivity contribution in [3.63, 3.8) is 0 Å². The van der Waals surface area contributed by atoms with Crippen molar-refractivity contribution in [2.45, 2.75) is 31.0 Å². The maximum absolute atomic E-state index is 13.0. The molecule has 3 heterocycles. The molecular weight excluding hydrogens is 372 g/mol. The van der Waals surface area contributed by atoms with Gasteiger partial charge in [0, 0.05) is 25.0 Å². The topological polar surface area (TPSA) is 86.1 Å². The Morgan fingerprint density at radius 3 is 2.69 bits per heavy atom. The molecule has 3 aliphatic rings. The van der Waals surface area contributed by atoms with Crippen molar-refractivity contribution < 1.29 is 18.8 Å². The largest absolute Gasteiger partial charge is 0.467 e. The third-order valence-corrected chi connectivity index (χ3v) is 5.95. The molecule has 3 atom stereocenters. The number of nitrogens with zero attached hydrogens (tertiary/aromatic N) is 3. The van der Waals surface area contributed by atoms with Gasteiger partial charge in [0.1, 0.15) is 11.8 Å². The number of hydrogen-bond donors (Lipinski definition) is 1. The predicted molar refractivity (Wildman–Crippen MR) is 103 cm³/mol. The summed E-state index contributed by atoms with van der Waals surface area (Å²) >= 11 is 0. The van der Waals surface area contributed by atoms with Crippen molar-refractivity contribution in [1.82, 2.24) is 20.0 Å². The minimum absolute atomic E-state index is 0.0794. The van der Waals surface area contributed by atoms with Crippen molar-refractivity contribution in [3.8, 4) is 0 Å². The SMILES string of the molecule is O=C(NCc1ccco1)N1CCN2C(=O)N([C@H]3C[C@@H]3c3ccccc3)C(=O)C2C1. The van der Waals surface area contributed by atoms with E-state index in [0.29, 0.717) is 18.8 Å². The van der Waals surface area contributed by atoms with E-state index in [9.17, 15) is 14.4 Å². The summed E-state index contributed by atoms with van der Waals surface area (Å²) in [6, 6.07) is 12.4. The van der Waals surface area contributed by atoms with E-state index >= 15 is 0 Å². The molecule has 5 rings (SSSR count). The van der Waals surface area contributed by atoms with Gasteiger partial charge >= 0.3 is 12.1 Å². The summed E-state index contributed by atoms with van der Waals surface area (Å²) in [6.07, 6.45) is 2.35. The minimum atomic E-state index is -0.595. The average Bonchev–Trinajstić information content (AvgIpc) is 3.26. The first-order valence-electron chi connectivity index (χ1n) is 9.87. The van der Waals surface area contributed by atoms with E-state index in [1.807, 2.05) is 30.3 Å². The van der Waals surface area contributed by atoms with Gasteiger partial charge in [-0.3, -0.25) is 9.69 Å². The standard InChI is InChI=1S/C21H22N4O4/c26-19-18-13-23(20(27)22-12-15-7-4-10-29-15)8-9-24(18)21(28)25(19)17-11-16(17)14-5-2-1-3-6-14/h1-7,10,16-18H,8-9,11-13H2,(H,22,27)/t16-,17+,18?/m1/s1. The summed E-state index contributed by atoms with van der Waals surface area (Å²) < 4.78 is 5.22. The number of nitrogens with one attached hydrogen (secondary N) is 1. The maximum Gasteiger partial charge on any atom is 0.327 e. The van der Waals surface area contributed by atoms with Gasteiger partial charge in [0.05, 0.1) is 19.4 Å². The minimum Gasteiger partial charge on any atom is -0.467 e. The first-order valence-corrected chi connectivity index (χ1v) is 9.87. The highest BCUT2D eigenvalue weighted by atomic mass is 16.3. The highest BCUT2D eigenvalue weighted by molar-refractivity contribution is 6.05. The number of furan rings is 1. The number of carbonyl (C=O) groups is 3. The summed E-state index contributed by atoms with van der Waals surface area (Å²) in [4.78, 5) is 43.0. The van der Waals surface area contributed by atoms with Crippen LogP contribution in [0.4, 0.5) is 9.59 Å². The second kappa shape index (κ2) is 6.95. The fourth-order valence-corrected chi connectivity index (χ4v) is 4.32. The first kappa shape index (κ1) is 17.8. The first-order chi connectivity index (χ1) is 14.1. The number of imide groups is 1. The molecule has 8 heteroatoms. The monoisotopic (exact) mass is 394 g/mol. The number of carbonyl (C=O) groups excluding carboxylic acids is 3. The van der Waals surface area contributed by atoms with Crippen molar-refractivity contribution >= 4 is 18.0 Å². The van der Waals surface area contributed by atoms with Crippen LogP contribution in [0.2, 0.25) is 0 Å². The molecule has 1 saturated carbocycles. The van der Waals surface area contributed by atoms with E-state index in [0.717, 1.165) is 12.0 Å². The van der Waals surface area contributed by atoms with E-state index in [4.69, 9.17) is 4.42 Å². The number of amides is 5. The Morgan fingerprint density at radius 2 is 1.93 bits per heavy atom. The van der Waals surface area contributed by atoms with Crippen LogP contribution in [0.3, 0.4) is 0 Å². The van der Waals surface area contributed by atoms with Crippen molar-refractivity contribution in [2.75, 3.05) is 19.6 Å². The molecule has 1 unspecified atom stereocenters. The van der Waals surface area contributed by atoms with Crippen molar-refractivity contribution in [2.24, 2.45) is 0 Å². The Morgan fingerprint density at radius 1 is 1.10 bits per heavy atom. The highest BCUT2D eigenvalue weighted by Crippen LogP contribution is 2.46. The van der Waals surface area contributed by atoms with Gasteiger partial charge in [-0.25, -0.2) is 9.59 Å². The molecule has 2 saturated heterocycles. The highest BCUT2D eigenvalue weighted by Gasteiger charge is 2.56. The van der Waals surface area contributed by atoms with Gasteiger partial charge in [-0.1, -0.05) is 30.3 Å². The molecule has 29 heavy (non-hydrogen) atoms. The molecule has 1 N–H and O–H groups in total. The molecule has 1 aromatic heterocycles. The Labute approximate surface area is 168 Å². The van der Waals surface area contributed by atoms with Crippen LogP contribution >= 0.6 is 0 Å². The Bertz CT molecular complexity index is 929. The van der Waals surface area contributed by atoms with Gasteiger partial charge < -0.3 is 19.5 Å². The van der Waals surface area contributed by atoms with Crippen LogP contribution in [0.1, 0.15) is 23.7 Å². The van der Waals surface area contributed by atoms with Crippen LogP contribution in [0.25, 0.3) is 0 Å². The number of fused-ring (bicyclic) bond motifs is 1. The molecule has 2 aliphatic heterocycles. The summed E-state index contributed by atoms with van der Waals surface area (Å²) in [5.74, 6) is 0.677. The Balaban J connectivity index is 1.23. The van der Waals surface area contributed by atoms with Crippen LogP contribution in [0, 0.1) is 0 Å². The molecule has 5 amide bonds. The summed E-state index contributed by atoms with van der Waals surface area (Å²) in [5, 5.41) is 2.80. The summed E-state index contributed by atoms with van der Waals surface area (Å²) in [7, 11) is 0. The maximum atomic E-state index is 13.0. The lowest BCUT2D eigenvalue weighted by Crippen LogP contribution is -2.56. The molecule has 3 fully saturated rings. The third-order valence-electron chi connectivity index (χ3n) is 5.95. The zero-order chi connectivity index (χ0) is 20.0. The molecule has 0 bridgehead atoms. The van der Waals surface area contributed by atoms with E-state index in [2.05, 4.69) is 5.32 Å². The van der Waals surface area contributed by atoms with Gasteiger partial charge in [-0.2, -0.15) is 0 Å². The van der Waals surface area contributed by atoms with Gasteiger partial charge in [0.25, 0.3) is 5.91 Å². The van der Waals surface area contributed by atoms with E-state index in [-0.39, 0.29) is 43.0 Å². The van der Waals surface area contributed by atoms with Crippen LogP contribution in [0.15, 0.2) is 53.1 Å². The molecule has 0 radical (unpaired) electrons. The lowest BCUT2D eigenvalue weighted by molar-refractivity contribution is -0.129. The fourth-order valence-electron chi connectivity index (χ4n) is 4.32. The van der Waals surface area contributed by atoms with E-state index < -0.39 is 6.04 Å². The number of benzene rings is 1. The molecule has 1 aromatic carbocycles. The Hall–Kier alpha value is -3.29. The summed E-state index contributed by atoms with van der Waals surface area (Å²) in [5.41, 5.74) is 1.15. The van der Waals surface area contributed by atoms with Crippen LogP contribution < -0.4 is 5.32 Å². The Kier molecular flexibility index (Phi) is 4.26. The molecular formula is C21H22N4O4. The normalized spacial score (nSPS) is 25.9. The lowest BCUT2D eigenvalue weighted by Gasteiger charge is -2.35. The molecule has 2 aromatic rings. The van der Waals surface area contributed by atoms with Crippen molar-refractivity contribution in [1.29, 1.82) is 0 Å². The van der Waals surface area contributed by atoms with Crippen LogP contribution in [-0.2, 0) is 11.3 Å². The van der Waals surface area contributed by atoms with E-state index in [1.165, 1.54) is 4.90 Å². The van der Waals surface area contributed by atoms with Gasteiger partial charge in [-0.05, 0) is 24.1 Å². The van der Waals surface area contributed by atoms with Gasteiger partial charge in [0.2, 0.25) is 0 Å². The number of urea groups is 2. The second-order valence-electron chi connectivity index (χ2n) is 7.70. The number of rotatable bonds is 4. The summed E-state index contributed by atoms with van der Waals surface area (Å²) in [6.45, 7) is 1.27. The molecule has 0 spiro atoms. The lowest BCUT2D eigenvalue weighted by atomic mass is 10.1. The quantitative estimate of drug-likeness (QED) is 0.804. The van der Waals surface area contributed by atoms with Crippen molar-refractivity contribution in [3.05, 3.63) is 60.1 Å². The fraction of sp³-hybridized carbons (Fsp3) is 0.381. The molecule has 150 valence electrons. The predicted octanol–water partition coefficient (Wildman–Crippen LogP) is 1.99. The number of hydrogen-bond acceptors (Lipinski definition) is 4. The molecule has 8 nitrogen and oxygen atoms in total. The van der Waals surface area contributed by atoms with E-state index in [1.54, 1.807) is 28.2 Å². The van der Waals surface area contributed by atoms with Gasteiger partial charge in [0.15, 0.2) is 0 Å². The van der Waals surface area contributed by atoms with Gasteiger partial charge in [-0.15, -0.1) is 0 Å². The zero-order valence-electron chi connectivity index (χ0n) is 15.9. The molecule has 1 aliphatic carbocycles. The average molecular weight is 394 g/mol.